The molecule has 1 aromatic carbocycles. The molecule has 0 aromatic heterocycles. The van der Waals surface area contributed by atoms with E-state index in [0.29, 0.717) is 38.5 Å². The number of aryl methyl sites for hydroxylation is 1. The Morgan fingerprint density at radius 2 is 1.03 bits per heavy atom. The molecule has 14 nitrogen and oxygen atoms in total. The van der Waals surface area contributed by atoms with Gasteiger partial charge in [0.2, 0.25) is 0 Å². The Hall–Kier alpha value is -3.85. The fourth-order valence-electron chi connectivity index (χ4n) is 7.07. The molecule has 2 fully saturated rings. The topological polar surface area (TPSA) is 217 Å². The van der Waals surface area contributed by atoms with Crippen LogP contribution in [0.3, 0.4) is 0 Å². The first-order chi connectivity index (χ1) is 26.8. The average molecular weight is 937 g/mol. The van der Waals surface area contributed by atoms with Gasteiger partial charge in [0.25, 0.3) is 0 Å². The van der Waals surface area contributed by atoms with Crippen molar-refractivity contribution in [1.29, 1.82) is 0 Å². The van der Waals surface area contributed by atoms with Gasteiger partial charge in [-0.2, -0.15) is 0 Å². The van der Waals surface area contributed by atoms with Gasteiger partial charge in [-0.05, 0) is 78.2 Å². The minimum atomic E-state index is -0.877. The van der Waals surface area contributed by atoms with Crippen molar-refractivity contribution in [3.63, 3.8) is 0 Å². The van der Waals surface area contributed by atoms with Crippen LogP contribution in [0.4, 0.5) is 0 Å². The minimum absolute atomic E-state index is 0. The first kappa shape index (κ1) is 81.4. The molecule has 1 aromatic rings. The molecule has 388 valence electrons. The molecule has 2 saturated carbocycles. The summed E-state index contributed by atoms with van der Waals surface area (Å²) in [4.78, 5) is 75.8. The third-order valence-corrected chi connectivity index (χ3v) is 10.2. The summed E-state index contributed by atoms with van der Waals surface area (Å²) in [6.07, 6.45) is 10.2. The lowest BCUT2D eigenvalue weighted by molar-refractivity contribution is -0.158. The second kappa shape index (κ2) is 44.0. The van der Waals surface area contributed by atoms with Crippen molar-refractivity contribution in [2.45, 2.75) is 213 Å². The van der Waals surface area contributed by atoms with E-state index in [9.17, 15) is 38.7 Å². The number of Topliss-reactive ketones (excluding diaryl/α,β-unsaturated/α-hetero) is 4. The molecule has 3 rings (SSSR count). The summed E-state index contributed by atoms with van der Waals surface area (Å²) < 4.78 is 20.8. The van der Waals surface area contributed by atoms with E-state index >= 15 is 0 Å². The SMILES string of the molecule is C.C.C.C.C.C.C.C.COC(CCCCC(=O)O)CC(C)=O.COC(CCc1ccccc1)CC(C)=O.COC1(CC(C)=O)CC1C(=O)O.COC1(CC(C)=O)CCCCCC1C(=O)O. The normalized spacial score (nSPS) is 19.2. The number of ether oxygens (including phenoxy) is 4. The molecular weight excluding hydrogens is 837 g/mol. The van der Waals surface area contributed by atoms with E-state index in [2.05, 4.69) is 12.1 Å². The minimum Gasteiger partial charge on any atom is -0.481 e. The van der Waals surface area contributed by atoms with Gasteiger partial charge < -0.3 is 34.3 Å². The first-order valence-corrected chi connectivity index (χ1v) is 19.7. The third-order valence-electron chi connectivity index (χ3n) is 10.2. The van der Waals surface area contributed by atoms with Crippen LogP contribution in [0.1, 0.15) is 189 Å². The Labute approximate surface area is 397 Å². The molecule has 0 radical (unpaired) electrons. The van der Waals surface area contributed by atoms with Crippen LogP contribution in [0, 0.1) is 11.8 Å². The maximum atomic E-state index is 11.3. The van der Waals surface area contributed by atoms with Crippen molar-refractivity contribution in [3.05, 3.63) is 35.9 Å². The molecule has 6 atom stereocenters. The highest BCUT2D eigenvalue weighted by Crippen LogP contribution is 2.49. The number of methoxy groups -OCH3 is 4. The number of carbonyl (C=O) groups is 7. The molecule has 2 aliphatic rings. The zero-order valence-electron chi connectivity index (χ0n) is 35.3. The molecule has 0 amide bonds. The molecule has 14 heteroatoms. The molecule has 65 heavy (non-hydrogen) atoms. The molecule has 0 spiro atoms. The molecule has 0 bridgehead atoms. The second-order valence-electron chi connectivity index (χ2n) is 15.1. The summed E-state index contributed by atoms with van der Waals surface area (Å²) in [6.45, 7) is 6.07. The summed E-state index contributed by atoms with van der Waals surface area (Å²) in [7, 11) is 6.21. The number of benzene rings is 1. The molecule has 3 N–H and O–H groups in total. The van der Waals surface area contributed by atoms with E-state index in [4.69, 9.17) is 29.2 Å². The summed E-state index contributed by atoms with van der Waals surface area (Å²) in [6, 6.07) is 10.3. The predicted octanol–water partition coefficient (Wildman–Crippen LogP) is 11.8. The van der Waals surface area contributed by atoms with Crippen molar-refractivity contribution in [3.8, 4) is 0 Å². The van der Waals surface area contributed by atoms with Gasteiger partial charge in [0.1, 0.15) is 23.1 Å². The van der Waals surface area contributed by atoms with Crippen LogP contribution >= 0.6 is 0 Å². The van der Waals surface area contributed by atoms with E-state index in [1.807, 2.05) is 18.2 Å². The van der Waals surface area contributed by atoms with Gasteiger partial charge >= 0.3 is 17.9 Å². The van der Waals surface area contributed by atoms with Crippen LogP contribution in [0.25, 0.3) is 0 Å². The zero-order chi connectivity index (χ0) is 43.6. The summed E-state index contributed by atoms with van der Waals surface area (Å²) in [5.41, 5.74) is -0.186. The van der Waals surface area contributed by atoms with Gasteiger partial charge in [0.15, 0.2) is 0 Å². The van der Waals surface area contributed by atoms with Gasteiger partial charge in [0.05, 0.1) is 35.2 Å². The number of rotatable bonds is 22. The second-order valence-corrected chi connectivity index (χ2v) is 15.1. The first-order valence-electron chi connectivity index (χ1n) is 19.7. The Bertz CT molecular complexity index is 1400. The molecule has 2 aliphatic carbocycles. The quantitative estimate of drug-likeness (QED) is 0.0728. The van der Waals surface area contributed by atoms with Crippen LogP contribution in [-0.4, -0.2) is 108 Å². The number of unbranched alkanes of at least 4 members (excludes halogenated alkanes) is 1. The highest BCUT2D eigenvalue weighted by atomic mass is 16.5. The monoisotopic (exact) mass is 937 g/mol. The van der Waals surface area contributed by atoms with Crippen LogP contribution in [0.2, 0.25) is 0 Å². The van der Waals surface area contributed by atoms with Crippen molar-refractivity contribution in [1.82, 2.24) is 0 Å². The maximum Gasteiger partial charge on any atom is 0.309 e. The lowest BCUT2D eigenvalue weighted by atomic mass is 9.79. The van der Waals surface area contributed by atoms with Gasteiger partial charge in [0, 0.05) is 60.5 Å². The summed E-state index contributed by atoms with van der Waals surface area (Å²) in [5.74, 6) is -3.27. The van der Waals surface area contributed by atoms with Crippen molar-refractivity contribution >= 4 is 41.0 Å². The van der Waals surface area contributed by atoms with Crippen LogP contribution < -0.4 is 0 Å². The number of ketones is 4. The predicted molar refractivity (Wildman–Crippen MR) is 267 cm³/mol. The van der Waals surface area contributed by atoms with Crippen molar-refractivity contribution in [2.75, 3.05) is 28.4 Å². The van der Waals surface area contributed by atoms with E-state index in [-0.39, 0.29) is 114 Å². The average Bonchev–Trinajstić information content (AvgIpc) is 3.90. The number of carboxylic acid groups (broad SMARTS) is 3. The lowest BCUT2D eigenvalue weighted by Crippen LogP contribution is -2.45. The Morgan fingerprint density at radius 1 is 0.585 bits per heavy atom. The Morgan fingerprint density at radius 3 is 1.40 bits per heavy atom. The number of aliphatic carboxylic acids is 3. The highest BCUT2D eigenvalue weighted by molar-refractivity contribution is 5.82. The number of hydrogen-bond acceptors (Lipinski definition) is 11. The summed E-state index contributed by atoms with van der Waals surface area (Å²) >= 11 is 0. The third kappa shape index (κ3) is 35.1. The highest BCUT2D eigenvalue weighted by Gasteiger charge is 2.60. The van der Waals surface area contributed by atoms with E-state index < -0.39 is 40.9 Å². The van der Waals surface area contributed by atoms with E-state index in [0.717, 1.165) is 44.9 Å². The van der Waals surface area contributed by atoms with Crippen LogP contribution in [-0.2, 0) is 58.9 Å². The smallest absolute Gasteiger partial charge is 0.309 e. The van der Waals surface area contributed by atoms with Crippen molar-refractivity contribution in [2.24, 2.45) is 11.8 Å². The molecule has 0 aliphatic heterocycles. The maximum absolute atomic E-state index is 11.3. The molecule has 0 saturated heterocycles. The lowest BCUT2D eigenvalue weighted by Gasteiger charge is -2.35. The number of carboxylic acids is 3. The largest absolute Gasteiger partial charge is 0.481 e. The molecule has 0 heterocycles. The van der Waals surface area contributed by atoms with Crippen LogP contribution in [0.15, 0.2) is 30.3 Å². The van der Waals surface area contributed by atoms with E-state index in [1.165, 1.54) is 40.6 Å². The standard InChI is InChI=1S/C13H18O2.C12H20O4.C10H18O4.C8H12O4.8CH4/c1-11(14)10-13(15-2)9-8-12-6-4-3-5-7-12;1-9(13)8-12(16-2)7-5-3-4-6-10(12)11(14)15;1-8(11)7-9(14-2)5-3-4-6-10(12)13;1-5(9)3-8(12-2)4-6(8)7(10)11;;;;;;;;/h3-7,13H,8-10H2,1-2H3;10H,3-8H2,1-2H3,(H,14,15);9H,3-7H2,1-2H3,(H,12,13);6H,3-4H2,1-2H3,(H,10,11);8*1H4. The fraction of sp³-hybridized carbons (Fsp3) is 0.745. The summed E-state index contributed by atoms with van der Waals surface area (Å²) in [5, 5.41) is 26.3. The van der Waals surface area contributed by atoms with Gasteiger partial charge in [-0.1, -0.05) is 115 Å². The zero-order valence-corrected chi connectivity index (χ0v) is 35.3. The van der Waals surface area contributed by atoms with Crippen molar-refractivity contribution < 1.29 is 67.8 Å². The van der Waals surface area contributed by atoms with Crippen LogP contribution in [0.5, 0.6) is 0 Å². The van der Waals surface area contributed by atoms with Gasteiger partial charge in [-0.25, -0.2) is 0 Å². The number of hydrogen-bond donors (Lipinski definition) is 3. The Balaban J connectivity index is -0.0000000886. The van der Waals surface area contributed by atoms with Gasteiger partial charge in [-0.15, -0.1) is 0 Å². The fourth-order valence-corrected chi connectivity index (χ4v) is 7.07. The Kier molecular flexibility index (Phi) is 55.1. The molecule has 6 unspecified atom stereocenters. The van der Waals surface area contributed by atoms with Gasteiger partial charge in [-0.3, -0.25) is 33.6 Å². The number of carbonyl (C=O) groups excluding carboxylic acids is 4. The molecular formula is C51H100O14. The van der Waals surface area contributed by atoms with E-state index in [1.54, 1.807) is 21.1 Å².